The van der Waals surface area contributed by atoms with Crippen LogP contribution in [-0.2, 0) is 4.79 Å². The third-order valence-electron chi connectivity index (χ3n) is 1.30. The molecule has 0 saturated heterocycles. The number of carbonyl (C=O) groups is 1. The molecule has 0 aliphatic carbocycles. The molecular formula is C9H6FIO2. The molecule has 0 unspecified atom stereocenters. The highest BCUT2D eigenvalue weighted by Crippen LogP contribution is 2.12. The van der Waals surface area contributed by atoms with Crippen LogP contribution in [-0.4, -0.2) is 11.1 Å². The van der Waals surface area contributed by atoms with E-state index in [1.54, 1.807) is 6.07 Å². The van der Waals surface area contributed by atoms with Gasteiger partial charge in [0.15, 0.2) is 0 Å². The number of carboxylic acid groups (broad SMARTS) is 1. The van der Waals surface area contributed by atoms with Crippen molar-refractivity contribution in [2.45, 2.75) is 0 Å². The molecule has 1 aromatic rings. The van der Waals surface area contributed by atoms with E-state index in [2.05, 4.69) is 0 Å². The molecule has 0 fully saturated rings. The van der Waals surface area contributed by atoms with Crippen LogP contribution in [0.5, 0.6) is 0 Å². The second kappa shape index (κ2) is 4.36. The van der Waals surface area contributed by atoms with Gasteiger partial charge in [-0.05, 0) is 52.4 Å². The summed E-state index contributed by atoms with van der Waals surface area (Å²) in [6, 6.07) is 4.35. The summed E-state index contributed by atoms with van der Waals surface area (Å²) in [7, 11) is 0. The van der Waals surface area contributed by atoms with Crippen LogP contribution < -0.4 is 0 Å². The van der Waals surface area contributed by atoms with Gasteiger partial charge >= 0.3 is 5.97 Å². The summed E-state index contributed by atoms with van der Waals surface area (Å²) in [5.41, 5.74) is 0.548. The van der Waals surface area contributed by atoms with Gasteiger partial charge in [-0.3, -0.25) is 0 Å². The molecule has 13 heavy (non-hydrogen) atoms. The number of halogens is 2. The molecule has 0 amide bonds. The first kappa shape index (κ1) is 10.2. The highest BCUT2D eigenvalue weighted by molar-refractivity contribution is 14.1. The zero-order valence-electron chi connectivity index (χ0n) is 6.50. The maximum atomic E-state index is 12.8. The lowest BCUT2D eigenvalue weighted by Gasteiger charge is -1.95. The molecule has 4 heteroatoms. The number of aliphatic carboxylic acids is 1. The Hall–Kier alpha value is -0.910. The summed E-state index contributed by atoms with van der Waals surface area (Å²) < 4.78 is 13.5. The maximum absolute atomic E-state index is 12.8. The quantitative estimate of drug-likeness (QED) is 0.672. The SMILES string of the molecule is O=C(O)/C=C/c1cc(F)cc(I)c1. The molecule has 0 aliphatic heterocycles. The van der Waals surface area contributed by atoms with Crippen LogP contribution in [0.1, 0.15) is 5.56 Å². The average Bonchev–Trinajstić information content (AvgIpc) is 1.99. The van der Waals surface area contributed by atoms with E-state index in [1.807, 2.05) is 22.6 Å². The fourth-order valence-electron chi connectivity index (χ4n) is 0.839. The van der Waals surface area contributed by atoms with Crippen molar-refractivity contribution >= 4 is 34.6 Å². The second-order valence-electron chi connectivity index (χ2n) is 2.37. The zero-order chi connectivity index (χ0) is 9.84. The van der Waals surface area contributed by atoms with Gasteiger partial charge in [0.2, 0.25) is 0 Å². The highest BCUT2D eigenvalue weighted by atomic mass is 127. The van der Waals surface area contributed by atoms with Gasteiger partial charge in [0.1, 0.15) is 5.82 Å². The Morgan fingerprint density at radius 2 is 2.15 bits per heavy atom. The van der Waals surface area contributed by atoms with Gasteiger partial charge in [0, 0.05) is 9.65 Å². The minimum atomic E-state index is -1.04. The predicted octanol–water partition coefficient (Wildman–Crippen LogP) is 2.53. The minimum absolute atomic E-state index is 0.364. The fourth-order valence-corrected chi connectivity index (χ4v) is 1.50. The molecular weight excluding hydrogens is 286 g/mol. The molecule has 0 heterocycles. The number of benzene rings is 1. The Kier molecular flexibility index (Phi) is 3.41. The zero-order valence-corrected chi connectivity index (χ0v) is 8.66. The standard InChI is InChI=1S/C9H6FIO2/c10-7-3-6(1-2-9(12)13)4-8(11)5-7/h1-5H,(H,12,13)/b2-1+. The van der Waals surface area contributed by atoms with Gasteiger partial charge in [0.05, 0.1) is 0 Å². The first-order chi connectivity index (χ1) is 6.08. The van der Waals surface area contributed by atoms with Crippen LogP contribution in [0.2, 0.25) is 0 Å². The normalized spacial score (nSPS) is 10.6. The minimum Gasteiger partial charge on any atom is -0.478 e. The van der Waals surface area contributed by atoms with Crippen LogP contribution in [0, 0.1) is 9.39 Å². The van der Waals surface area contributed by atoms with Crippen molar-refractivity contribution in [3.05, 3.63) is 39.2 Å². The lowest BCUT2D eigenvalue weighted by atomic mass is 10.2. The van der Waals surface area contributed by atoms with Gasteiger partial charge in [-0.25, -0.2) is 9.18 Å². The molecule has 1 rings (SSSR count). The monoisotopic (exact) mass is 292 g/mol. The molecule has 0 bridgehead atoms. The third-order valence-corrected chi connectivity index (χ3v) is 1.93. The number of hydrogen-bond acceptors (Lipinski definition) is 1. The molecule has 0 radical (unpaired) electrons. The molecule has 1 N–H and O–H groups in total. The summed E-state index contributed by atoms with van der Waals surface area (Å²) in [5.74, 6) is -1.41. The third kappa shape index (κ3) is 3.54. The molecule has 0 saturated carbocycles. The molecule has 0 atom stereocenters. The summed E-state index contributed by atoms with van der Waals surface area (Å²) in [6.07, 6.45) is 2.33. The largest absolute Gasteiger partial charge is 0.478 e. The van der Waals surface area contributed by atoms with Crippen LogP contribution in [0.25, 0.3) is 6.08 Å². The Morgan fingerprint density at radius 1 is 1.46 bits per heavy atom. The number of rotatable bonds is 2. The van der Waals surface area contributed by atoms with Crippen molar-refractivity contribution in [1.82, 2.24) is 0 Å². The van der Waals surface area contributed by atoms with E-state index in [4.69, 9.17) is 5.11 Å². The summed E-state index contributed by atoms with van der Waals surface area (Å²) in [4.78, 5) is 10.2. The van der Waals surface area contributed by atoms with E-state index in [0.717, 1.165) is 9.65 Å². The highest BCUT2D eigenvalue weighted by Gasteiger charge is 1.96. The molecule has 2 nitrogen and oxygen atoms in total. The maximum Gasteiger partial charge on any atom is 0.328 e. The molecule has 0 aliphatic rings. The van der Waals surface area contributed by atoms with Crippen LogP contribution in [0.15, 0.2) is 24.3 Å². The van der Waals surface area contributed by atoms with Crippen LogP contribution in [0.4, 0.5) is 4.39 Å². The van der Waals surface area contributed by atoms with Crippen molar-refractivity contribution < 1.29 is 14.3 Å². The van der Waals surface area contributed by atoms with Crippen LogP contribution in [0.3, 0.4) is 0 Å². The van der Waals surface area contributed by atoms with E-state index in [-0.39, 0.29) is 5.82 Å². The number of hydrogen-bond donors (Lipinski definition) is 1. The molecule has 1 aromatic carbocycles. The van der Waals surface area contributed by atoms with E-state index in [9.17, 15) is 9.18 Å². The number of carboxylic acids is 1. The Balaban J connectivity index is 2.95. The van der Waals surface area contributed by atoms with Crippen molar-refractivity contribution in [2.24, 2.45) is 0 Å². The average molecular weight is 292 g/mol. The van der Waals surface area contributed by atoms with E-state index in [0.29, 0.717) is 5.56 Å². The van der Waals surface area contributed by atoms with Gasteiger partial charge in [0.25, 0.3) is 0 Å². The molecule has 0 aromatic heterocycles. The van der Waals surface area contributed by atoms with Crippen molar-refractivity contribution in [1.29, 1.82) is 0 Å². The van der Waals surface area contributed by atoms with Gasteiger partial charge in [-0.1, -0.05) is 0 Å². The topological polar surface area (TPSA) is 37.3 Å². The predicted molar refractivity (Wildman–Crippen MR) is 55.8 cm³/mol. The lowest BCUT2D eigenvalue weighted by molar-refractivity contribution is -0.131. The van der Waals surface area contributed by atoms with Gasteiger partial charge in [-0.2, -0.15) is 0 Å². The Morgan fingerprint density at radius 3 is 2.69 bits per heavy atom. The Bertz CT molecular complexity index is 340. The van der Waals surface area contributed by atoms with Gasteiger partial charge < -0.3 is 5.11 Å². The van der Waals surface area contributed by atoms with E-state index < -0.39 is 5.97 Å². The summed E-state index contributed by atoms with van der Waals surface area (Å²) in [6.45, 7) is 0. The first-order valence-corrected chi connectivity index (χ1v) is 4.53. The fraction of sp³-hybridized carbons (Fsp3) is 0. The van der Waals surface area contributed by atoms with Crippen molar-refractivity contribution in [3.63, 3.8) is 0 Å². The van der Waals surface area contributed by atoms with Crippen molar-refractivity contribution in [2.75, 3.05) is 0 Å². The molecule has 0 spiro atoms. The molecule has 68 valence electrons. The summed E-state index contributed by atoms with van der Waals surface area (Å²) >= 11 is 1.97. The Labute approximate surface area is 88.2 Å². The lowest BCUT2D eigenvalue weighted by Crippen LogP contribution is -1.86. The van der Waals surface area contributed by atoms with E-state index >= 15 is 0 Å². The van der Waals surface area contributed by atoms with Crippen molar-refractivity contribution in [3.8, 4) is 0 Å². The second-order valence-corrected chi connectivity index (χ2v) is 3.62. The first-order valence-electron chi connectivity index (χ1n) is 3.45. The summed E-state index contributed by atoms with van der Waals surface area (Å²) in [5, 5.41) is 8.33. The smallest absolute Gasteiger partial charge is 0.328 e. The van der Waals surface area contributed by atoms with Crippen LogP contribution >= 0.6 is 22.6 Å². The van der Waals surface area contributed by atoms with E-state index in [1.165, 1.54) is 18.2 Å². The van der Waals surface area contributed by atoms with Gasteiger partial charge in [-0.15, -0.1) is 0 Å².